The highest BCUT2D eigenvalue weighted by molar-refractivity contribution is 6.10. The highest BCUT2D eigenvalue weighted by Crippen LogP contribution is 2.50. The van der Waals surface area contributed by atoms with Crippen LogP contribution in [-0.2, 0) is 5.41 Å². The molecule has 2 aromatic heterocycles. The lowest BCUT2D eigenvalue weighted by Crippen LogP contribution is -2.22. The number of allylic oxidation sites excluding steroid dienone is 6. The molecule has 0 radical (unpaired) electrons. The first-order chi connectivity index (χ1) is 28.4. The third kappa shape index (κ3) is 5.60. The molecule has 2 heterocycles. The molecule has 8 aromatic rings. The fourth-order valence-electron chi connectivity index (χ4n) is 9.92. The number of aromatic nitrogens is 2. The number of hydrogen-bond donors (Lipinski definition) is 0. The van der Waals surface area contributed by atoms with E-state index in [9.17, 15) is 0 Å². The van der Waals surface area contributed by atoms with Crippen molar-refractivity contribution in [2.45, 2.75) is 45.4 Å². The molecule has 3 nitrogen and oxygen atoms in total. The molecule has 0 spiro atoms. The molecular formula is C55H45N3. The minimum atomic E-state index is -0.0299. The van der Waals surface area contributed by atoms with Gasteiger partial charge in [0.25, 0.3) is 0 Å². The summed E-state index contributed by atoms with van der Waals surface area (Å²) < 4.78 is 2.37. The van der Waals surface area contributed by atoms with Gasteiger partial charge in [-0.2, -0.15) is 0 Å². The average Bonchev–Trinajstić information content (AvgIpc) is 3.71. The molecular weight excluding hydrogens is 703 g/mol. The Morgan fingerprint density at radius 3 is 2.19 bits per heavy atom. The van der Waals surface area contributed by atoms with Crippen LogP contribution in [0.1, 0.15) is 49.8 Å². The van der Waals surface area contributed by atoms with Crippen LogP contribution in [0.5, 0.6) is 0 Å². The van der Waals surface area contributed by atoms with Gasteiger partial charge >= 0.3 is 0 Å². The molecule has 6 aromatic carbocycles. The number of para-hydroxylation sites is 1. The Bertz CT molecular complexity index is 2990. The summed E-state index contributed by atoms with van der Waals surface area (Å²) in [6.45, 7) is 6.88. The number of pyridine rings is 1. The molecule has 3 aliphatic rings. The molecule has 58 heavy (non-hydrogen) atoms. The number of rotatable bonds is 6. The summed E-state index contributed by atoms with van der Waals surface area (Å²) >= 11 is 0. The van der Waals surface area contributed by atoms with E-state index in [4.69, 9.17) is 4.98 Å². The maximum Gasteiger partial charge on any atom is 0.0703 e. The van der Waals surface area contributed by atoms with Crippen LogP contribution in [0.4, 0.5) is 11.4 Å². The Hall–Kier alpha value is -6.71. The second-order valence-electron chi connectivity index (χ2n) is 16.8. The van der Waals surface area contributed by atoms with Crippen LogP contribution in [0.25, 0.3) is 61.0 Å². The third-order valence-corrected chi connectivity index (χ3v) is 13.0. The summed E-state index contributed by atoms with van der Waals surface area (Å²) in [5, 5.41) is 2.50. The van der Waals surface area contributed by atoms with Gasteiger partial charge in [0.2, 0.25) is 0 Å². The summed E-state index contributed by atoms with van der Waals surface area (Å²) in [5.41, 5.74) is 19.8. The predicted molar refractivity (Wildman–Crippen MR) is 243 cm³/mol. The van der Waals surface area contributed by atoms with E-state index < -0.39 is 0 Å². The standard InChI is InChI=1S/C55H45N3/c1-36-17-29-53-48(31-36)49-33-41(22-30-54(49)58(53)42-13-5-4-6-14-42)52-28-26-45(35-56-52)57(44-25-20-37-11-7-8-12-39(37)32-44)43-23-18-38(19-24-43)40-21-27-47-46-15-9-10-16-50(46)55(2,3)51(47)34-40/h4-7,9-11,13-31,33-35,39H,8,12,32H2,1-3H3. The number of aryl methyl sites for hydroxylation is 1. The SMILES string of the molecule is Cc1ccc2c(c1)c1cc(-c3ccc(N(C4=CC=C5C=CCCC5C4)c4ccc(-c5ccc6c(c5)C(C)(C)c5ccccc5-6)cc4)cn3)ccc1n2-c1ccccc1. The van der Waals surface area contributed by atoms with Gasteiger partial charge in [0.05, 0.1) is 28.6 Å². The molecule has 0 aliphatic heterocycles. The van der Waals surface area contributed by atoms with E-state index >= 15 is 0 Å². The smallest absolute Gasteiger partial charge is 0.0703 e. The Balaban J connectivity index is 0.959. The Morgan fingerprint density at radius 2 is 1.36 bits per heavy atom. The summed E-state index contributed by atoms with van der Waals surface area (Å²) in [6, 6.07) is 53.7. The average molecular weight is 748 g/mol. The summed E-state index contributed by atoms with van der Waals surface area (Å²) in [6.07, 6.45) is 14.7. The van der Waals surface area contributed by atoms with Crippen LogP contribution < -0.4 is 4.90 Å². The van der Waals surface area contributed by atoms with Gasteiger partial charge in [0.15, 0.2) is 0 Å². The van der Waals surface area contributed by atoms with E-state index in [1.807, 2.05) is 0 Å². The largest absolute Gasteiger partial charge is 0.313 e. The van der Waals surface area contributed by atoms with Crippen molar-refractivity contribution >= 4 is 33.2 Å². The van der Waals surface area contributed by atoms with Crippen molar-refractivity contribution in [1.29, 1.82) is 0 Å². The van der Waals surface area contributed by atoms with Crippen LogP contribution in [0.3, 0.4) is 0 Å². The maximum absolute atomic E-state index is 5.17. The number of fused-ring (bicyclic) bond motifs is 7. The van der Waals surface area contributed by atoms with Crippen LogP contribution in [0, 0.1) is 12.8 Å². The Morgan fingerprint density at radius 1 is 0.638 bits per heavy atom. The van der Waals surface area contributed by atoms with Gasteiger partial charge in [-0.05, 0) is 144 Å². The van der Waals surface area contributed by atoms with Crippen molar-refractivity contribution in [1.82, 2.24) is 9.55 Å². The normalized spacial score (nSPS) is 16.4. The Kier molecular flexibility index (Phi) is 8.01. The van der Waals surface area contributed by atoms with Crippen molar-refractivity contribution in [2.24, 2.45) is 5.92 Å². The van der Waals surface area contributed by atoms with Crippen LogP contribution in [0.15, 0.2) is 187 Å². The molecule has 0 amide bonds. The monoisotopic (exact) mass is 747 g/mol. The van der Waals surface area contributed by atoms with Crippen molar-refractivity contribution in [3.8, 4) is 39.2 Å². The fourth-order valence-corrected chi connectivity index (χ4v) is 9.92. The summed E-state index contributed by atoms with van der Waals surface area (Å²) in [5.74, 6) is 0.534. The highest BCUT2D eigenvalue weighted by Gasteiger charge is 2.35. The fraction of sp³-hybridized carbons (Fsp3) is 0.145. The van der Waals surface area contributed by atoms with Crippen molar-refractivity contribution in [3.05, 3.63) is 204 Å². The molecule has 1 unspecified atom stereocenters. The zero-order chi connectivity index (χ0) is 39.0. The minimum absolute atomic E-state index is 0.0299. The van der Waals surface area contributed by atoms with Gasteiger partial charge in [-0.15, -0.1) is 0 Å². The highest BCUT2D eigenvalue weighted by atomic mass is 15.2. The number of benzene rings is 6. The van der Waals surface area contributed by atoms with Gasteiger partial charge in [-0.1, -0.05) is 117 Å². The summed E-state index contributed by atoms with van der Waals surface area (Å²) in [7, 11) is 0. The van der Waals surface area contributed by atoms with Gasteiger partial charge in [-0.3, -0.25) is 4.98 Å². The first-order valence-electron chi connectivity index (χ1n) is 20.7. The third-order valence-electron chi connectivity index (χ3n) is 13.0. The van der Waals surface area contributed by atoms with Crippen LogP contribution >= 0.6 is 0 Å². The van der Waals surface area contributed by atoms with Gasteiger partial charge < -0.3 is 9.47 Å². The zero-order valence-corrected chi connectivity index (χ0v) is 33.3. The lowest BCUT2D eigenvalue weighted by atomic mass is 9.81. The van der Waals surface area contributed by atoms with E-state index in [1.54, 1.807) is 0 Å². The molecule has 1 atom stereocenters. The van der Waals surface area contributed by atoms with Crippen LogP contribution in [-0.4, -0.2) is 9.55 Å². The molecule has 0 bridgehead atoms. The van der Waals surface area contributed by atoms with Crippen LogP contribution in [0.2, 0.25) is 0 Å². The molecule has 0 fully saturated rings. The number of anilines is 2. The summed E-state index contributed by atoms with van der Waals surface area (Å²) in [4.78, 5) is 7.59. The maximum atomic E-state index is 5.17. The van der Waals surface area contributed by atoms with Gasteiger partial charge in [0, 0.05) is 38.8 Å². The Labute approximate surface area is 341 Å². The molecule has 0 saturated carbocycles. The lowest BCUT2D eigenvalue weighted by Gasteiger charge is -2.33. The molecule has 280 valence electrons. The molecule has 3 heteroatoms. The van der Waals surface area contributed by atoms with E-state index in [0.717, 1.165) is 35.5 Å². The first-order valence-corrected chi connectivity index (χ1v) is 20.7. The van der Waals surface area contributed by atoms with E-state index in [-0.39, 0.29) is 5.41 Å². The first kappa shape index (κ1) is 34.5. The lowest BCUT2D eigenvalue weighted by molar-refractivity contribution is 0.547. The molecule has 0 N–H and O–H groups in total. The molecule has 11 rings (SSSR count). The van der Waals surface area contributed by atoms with E-state index in [0.29, 0.717) is 5.92 Å². The number of hydrogen-bond acceptors (Lipinski definition) is 2. The minimum Gasteiger partial charge on any atom is -0.313 e. The van der Waals surface area contributed by atoms with Crippen molar-refractivity contribution < 1.29 is 0 Å². The second-order valence-corrected chi connectivity index (χ2v) is 16.8. The zero-order valence-electron chi connectivity index (χ0n) is 33.3. The molecule has 0 saturated heterocycles. The van der Waals surface area contributed by atoms with Crippen molar-refractivity contribution in [2.75, 3.05) is 4.90 Å². The number of nitrogens with zero attached hydrogens (tertiary/aromatic N) is 3. The van der Waals surface area contributed by atoms with Gasteiger partial charge in [0.1, 0.15) is 0 Å². The van der Waals surface area contributed by atoms with Crippen molar-refractivity contribution in [3.63, 3.8) is 0 Å². The topological polar surface area (TPSA) is 21.1 Å². The second kappa shape index (κ2) is 13.5. The predicted octanol–water partition coefficient (Wildman–Crippen LogP) is 14.4. The quantitative estimate of drug-likeness (QED) is 0.169. The van der Waals surface area contributed by atoms with Gasteiger partial charge in [-0.25, -0.2) is 0 Å². The van der Waals surface area contributed by atoms with E-state index in [1.165, 1.54) is 84.1 Å². The van der Waals surface area contributed by atoms with E-state index in [2.05, 4.69) is 206 Å². The molecule has 3 aliphatic carbocycles.